The highest BCUT2D eigenvalue weighted by atomic mass is 32.1. The van der Waals surface area contributed by atoms with Crippen LogP contribution in [-0.4, -0.2) is 17.6 Å². The van der Waals surface area contributed by atoms with Crippen molar-refractivity contribution in [3.05, 3.63) is 59.2 Å². The minimum Gasteiger partial charge on any atom is -0.454 e. The first-order valence-corrected chi connectivity index (χ1v) is 7.86. The Kier molecular flexibility index (Phi) is 5.08. The largest absolute Gasteiger partial charge is 0.454 e. The molecule has 2 aromatic carbocycles. The maximum atomic E-state index is 13.7. The lowest BCUT2D eigenvalue weighted by atomic mass is 10.1. The average molecular weight is 363 g/mol. The molecule has 130 valence electrons. The first-order chi connectivity index (χ1) is 12.0. The molecule has 0 bridgehead atoms. The highest BCUT2D eigenvalue weighted by molar-refractivity contribution is 7.80. The van der Waals surface area contributed by atoms with Crippen molar-refractivity contribution in [3.8, 4) is 11.5 Å². The van der Waals surface area contributed by atoms with Crippen molar-refractivity contribution in [2.45, 2.75) is 13.5 Å². The van der Waals surface area contributed by atoms with E-state index in [4.69, 9.17) is 21.7 Å². The first-order valence-electron chi connectivity index (χ1n) is 7.45. The highest BCUT2D eigenvalue weighted by Gasteiger charge is 2.13. The monoisotopic (exact) mass is 363 g/mol. The van der Waals surface area contributed by atoms with Gasteiger partial charge in [0, 0.05) is 18.2 Å². The van der Waals surface area contributed by atoms with E-state index >= 15 is 0 Å². The van der Waals surface area contributed by atoms with E-state index in [1.807, 2.05) is 18.2 Å². The molecule has 0 unspecified atom stereocenters. The molecule has 0 atom stereocenters. The van der Waals surface area contributed by atoms with Crippen LogP contribution in [0, 0.1) is 11.6 Å². The Balaban J connectivity index is 1.55. The Labute approximate surface area is 148 Å². The summed E-state index contributed by atoms with van der Waals surface area (Å²) in [5, 5.41) is 7.27. The number of hydrogen-bond acceptors (Lipinski definition) is 4. The van der Waals surface area contributed by atoms with Gasteiger partial charge >= 0.3 is 0 Å². The second-order valence-corrected chi connectivity index (χ2v) is 5.71. The van der Waals surface area contributed by atoms with Crippen molar-refractivity contribution < 1.29 is 18.3 Å². The van der Waals surface area contributed by atoms with Gasteiger partial charge in [0.1, 0.15) is 11.6 Å². The van der Waals surface area contributed by atoms with Crippen molar-refractivity contribution in [3.63, 3.8) is 0 Å². The Morgan fingerprint density at radius 1 is 1.16 bits per heavy atom. The molecule has 8 heteroatoms. The van der Waals surface area contributed by atoms with Gasteiger partial charge in [-0.05, 0) is 49.0 Å². The molecule has 0 saturated heterocycles. The molecule has 3 rings (SSSR count). The fourth-order valence-electron chi connectivity index (χ4n) is 2.25. The maximum absolute atomic E-state index is 13.7. The third-order valence-electron chi connectivity index (χ3n) is 3.54. The summed E-state index contributed by atoms with van der Waals surface area (Å²) in [6.07, 6.45) is 0. The molecule has 0 amide bonds. The second kappa shape index (κ2) is 7.43. The van der Waals surface area contributed by atoms with Gasteiger partial charge in [-0.15, -0.1) is 0 Å². The Morgan fingerprint density at radius 2 is 1.96 bits per heavy atom. The van der Waals surface area contributed by atoms with Crippen LogP contribution in [-0.2, 0) is 6.54 Å². The number of rotatable bonds is 4. The highest BCUT2D eigenvalue weighted by Crippen LogP contribution is 2.32. The zero-order chi connectivity index (χ0) is 17.8. The van der Waals surface area contributed by atoms with E-state index in [0.29, 0.717) is 23.8 Å². The predicted octanol–water partition coefficient (Wildman–Crippen LogP) is 3.08. The van der Waals surface area contributed by atoms with Gasteiger partial charge in [-0.3, -0.25) is 5.43 Å². The summed E-state index contributed by atoms with van der Waals surface area (Å²) in [4.78, 5) is 0. The number of fused-ring (bicyclic) bond motifs is 1. The van der Waals surface area contributed by atoms with E-state index in [0.717, 1.165) is 11.6 Å². The number of thiocarbonyl (C=S) groups is 1. The number of ether oxygens (including phenoxy) is 2. The van der Waals surface area contributed by atoms with Gasteiger partial charge in [0.15, 0.2) is 16.6 Å². The van der Waals surface area contributed by atoms with E-state index < -0.39 is 11.6 Å². The van der Waals surface area contributed by atoms with E-state index in [1.165, 1.54) is 12.1 Å². The van der Waals surface area contributed by atoms with Crippen molar-refractivity contribution >= 4 is 23.0 Å². The number of benzene rings is 2. The number of nitrogens with one attached hydrogen (secondary N) is 2. The van der Waals surface area contributed by atoms with Gasteiger partial charge in [0.2, 0.25) is 6.79 Å². The van der Waals surface area contributed by atoms with E-state index in [2.05, 4.69) is 15.8 Å². The smallest absolute Gasteiger partial charge is 0.231 e. The van der Waals surface area contributed by atoms with Crippen LogP contribution >= 0.6 is 12.2 Å². The van der Waals surface area contributed by atoms with E-state index in [-0.39, 0.29) is 17.5 Å². The molecule has 1 aliphatic heterocycles. The number of hydrogen-bond donors (Lipinski definition) is 2. The van der Waals surface area contributed by atoms with Crippen molar-refractivity contribution in [2.75, 3.05) is 6.79 Å². The summed E-state index contributed by atoms with van der Waals surface area (Å²) in [7, 11) is 0. The molecule has 0 aromatic heterocycles. The van der Waals surface area contributed by atoms with Crippen LogP contribution in [0.5, 0.6) is 11.5 Å². The molecule has 0 saturated carbocycles. The van der Waals surface area contributed by atoms with Crippen LogP contribution in [0.2, 0.25) is 0 Å². The number of halogens is 2. The second-order valence-electron chi connectivity index (χ2n) is 5.30. The normalized spacial score (nSPS) is 12.8. The minimum absolute atomic E-state index is 0.201. The van der Waals surface area contributed by atoms with Crippen molar-refractivity contribution in [1.29, 1.82) is 0 Å². The molecular weight excluding hydrogens is 348 g/mol. The lowest BCUT2D eigenvalue weighted by molar-refractivity contribution is 0.174. The van der Waals surface area contributed by atoms with E-state index in [1.54, 1.807) is 6.92 Å². The summed E-state index contributed by atoms with van der Waals surface area (Å²) in [5.74, 6) is 0.0926. The number of hydrazone groups is 1. The molecule has 0 aliphatic carbocycles. The van der Waals surface area contributed by atoms with E-state index in [9.17, 15) is 8.78 Å². The van der Waals surface area contributed by atoms with Gasteiger partial charge in [0.25, 0.3) is 0 Å². The van der Waals surface area contributed by atoms with Crippen LogP contribution < -0.4 is 20.2 Å². The van der Waals surface area contributed by atoms with Gasteiger partial charge in [-0.2, -0.15) is 5.10 Å². The summed E-state index contributed by atoms with van der Waals surface area (Å²) in [6, 6.07) is 8.90. The Bertz CT molecular complexity index is 843. The number of nitrogens with zero attached hydrogens (tertiary/aromatic N) is 1. The Hall–Kier alpha value is -2.74. The van der Waals surface area contributed by atoms with Gasteiger partial charge in [0.05, 0.1) is 5.71 Å². The third kappa shape index (κ3) is 4.21. The van der Waals surface area contributed by atoms with Crippen LogP contribution in [0.25, 0.3) is 0 Å². The molecule has 2 N–H and O–H groups in total. The van der Waals surface area contributed by atoms with Crippen LogP contribution in [0.3, 0.4) is 0 Å². The SMILES string of the molecule is C/C(=N/NC(=S)NCc1ccc2c(c1)OCO2)c1ccc(F)cc1F. The van der Waals surface area contributed by atoms with Gasteiger partial charge < -0.3 is 14.8 Å². The standard InChI is InChI=1S/C17H15F2N3O2S/c1-10(13-4-3-12(18)7-14(13)19)21-22-17(25)20-8-11-2-5-15-16(6-11)24-9-23-15/h2-7H,8-9H2,1H3,(H2,20,22,25)/b21-10-. The molecule has 0 radical (unpaired) electrons. The first kappa shape index (κ1) is 17.1. The van der Waals surface area contributed by atoms with Crippen LogP contribution in [0.15, 0.2) is 41.5 Å². The Morgan fingerprint density at radius 3 is 2.76 bits per heavy atom. The summed E-state index contributed by atoms with van der Waals surface area (Å²) in [6.45, 7) is 2.28. The van der Waals surface area contributed by atoms with Crippen LogP contribution in [0.1, 0.15) is 18.1 Å². The third-order valence-corrected chi connectivity index (χ3v) is 3.77. The quantitative estimate of drug-likeness (QED) is 0.497. The maximum Gasteiger partial charge on any atom is 0.231 e. The topological polar surface area (TPSA) is 54.9 Å². The molecule has 0 fully saturated rings. The molecule has 1 aliphatic rings. The molecular formula is C17H15F2N3O2S. The summed E-state index contributed by atoms with van der Waals surface area (Å²) < 4.78 is 37.2. The lowest BCUT2D eigenvalue weighted by Crippen LogP contribution is -2.32. The van der Waals surface area contributed by atoms with Gasteiger partial charge in [-0.25, -0.2) is 8.78 Å². The fraction of sp³-hybridized carbons (Fsp3) is 0.176. The lowest BCUT2D eigenvalue weighted by Gasteiger charge is -2.09. The fourth-order valence-corrected chi connectivity index (χ4v) is 2.37. The summed E-state index contributed by atoms with van der Waals surface area (Å²) >= 11 is 5.14. The van der Waals surface area contributed by atoms with Gasteiger partial charge in [-0.1, -0.05) is 6.07 Å². The molecule has 25 heavy (non-hydrogen) atoms. The molecule has 1 heterocycles. The zero-order valence-electron chi connectivity index (χ0n) is 13.3. The predicted molar refractivity (Wildman–Crippen MR) is 93.7 cm³/mol. The van der Waals surface area contributed by atoms with Crippen molar-refractivity contribution in [2.24, 2.45) is 5.10 Å². The zero-order valence-corrected chi connectivity index (χ0v) is 14.1. The van der Waals surface area contributed by atoms with Crippen LogP contribution in [0.4, 0.5) is 8.78 Å². The molecule has 5 nitrogen and oxygen atoms in total. The summed E-state index contributed by atoms with van der Waals surface area (Å²) in [5.41, 5.74) is 4.15. The van der Waals surface area contributed by atoms with Crippen molar-refractivity contribution in [1.82, 2.24) is 10.7 Å². The average Bonchev–Trinajstić information content (AvgIpc) is 3.05. The molecule has 0 spiro atoms. The minimum atomic E-state index is -0.678. The molecule has 2 aromatic rings.